The van der Waals surface area contributed by atoms with Gasteiger partial charge in [0.15, 0.2) is 0 Å². The van der Waals surface area contributed by atoms with Gasteiger partial charge in [0.2, 0.25) is 5.91 Å². The molecule has 1 N–H and O–H groups in total. The molecule has 0 aliphatic carbocycles. The van der Waals surface area contributed by atoms with E-state index in [2.05, 4.69) is 10.1 Å². The number of rotatable bonds is 5. The molecular weight excluding hydrogens is 325 g/mol. The first-order valence-corrected chi connectivity index (χ1v) is 7.61. The zero-order valence-corrected chi connectivity index (χ0v) is 13.1. The number of methoxy groups -OCH3 is 1. The normalized spacial score (nSPS) is 13.4. The summed E-state index contributed by atoms with van der Waals surface area (Å²) >= 11 is 11.8. The van der Waals surface area contributed by atoms with E-state index in [-0.39, 0.29) is 10.8 Å². The molecule has 110 valence electrons. The van der Waals surface area contributed by atoms with Gasteiger partial charge < -0.3 is 10.1 Å². The monoisotopic (exact) mass is 337 g/mol. The van der Waals surface area contributed by atoms with E-state index in [1.165, 1.54) is 26.2 Å². The summed E-state index contributed by atoms with van der Waals surface area (Å²) in [5, 5.41) is 3.04. The SMILES string of the molecule is COC(=O)C(CS(=O)c1cc(Cl)ccc1Cl)NC(C)=O. The number of esters is 1. The van der Waals surface area contributed by atoms with Crippen LogP contribution < -0.4 is 5.32 Å². The molecule has 0 aromatic heterocycles. The summed E-state index contributed by atoms with van der Waals surface area (Å²) in [5.74, 6) is -1.24. The van der Waals surface area contributed by atoms with E-state index in [1.54, 1.807) is 6.07 Å². The van der Waals surface area contributed by atoms with E-state index < -0.39 is 28.7 Å². The van der Waals surface area contributed by atoms with Crippen molar-refractivity contribution in [3.05, 3.63) is 28.2 Å². The third-order valence-corrected chi connectivity index (χ3v) is 4.46. The van der Waals surface area contributed by atoms with Crippen molar-refractivity contribution in [3.8, 4) is 0 Å². The predicted octanol–water partition coefficient (Wildman–Crippen LogP) is 1.78. The number of halogens is 2. The van der Waals surface area contributed by atoms with Crippen molar-refractivity contribution in [2.45, 2.75) is 17.9 Å². The van der Waals surface area contributed by atoms with Gasteiger partial charge in [-0.2, -0.15) is 0 Å². The smallest absolute Gasteiger partial charge is 0.329 e. The fraction of sp³-hybridized carbons (Fsp3) is 0.333. The molecule has 0 aliphatic heterocycles. The van der Waals surface area contributed by atoms with Gasteiger partial charge in [-0.15, -0.1) is 0 Å². The first kappa shape index (κ1) is 16.9. The summed E-state index contributed by atoms with van der Waals surface area (Å²) in [5.41, 5.74) is 0. The molecule has 2 unspecified atom stereocenters. The minimum Gasteiger partial charge on any atom is -0.467 e. The van der Waals surface area contributed by atoms with Gasteiger partial charge >= 0.3 is 5.97 Å². The quantitative estimate of drug-likeness (QED) is 0.831. The fourth-order valence-electron chi connectivity index (χ4n) is 1.45. The second-order valence-corrected chi connectivity index (χ2v) is 6.17. The summed E-state index contributed by atoms with van der Waals surface area (Å²) in [6.07, 6.45) is 0. The number of carbonyl (C=O) groups excluding carboxylic acids is 2. The molecule has 0 fully saturated rings. The lowest BCUT2D eigenvalue weighted by atomic mass is 10.3. The van der Waals surface area contributed by atoms with Crippen LogP contribution in [0.3, 0.4) is 0 Å². The van der Waals surface area contributed by atoms with Gasteiger partial charge in [0, 0.05) is 11.9 Å². The second kappa shape index (κ2) is 7.61. The standard InChI is InChI=1S/C12H13Cl2NO4S/c1-7(16)15-10(12(17)19-2)6-20(18)11-5-8(13)3-4-9(11)14/h3-5,10H,6H2,1-2H3,(H,15,16). The van der Waals surface area contributed by atoms with Gasteiger partial charge in [0.1, 0.15) is 6.04 Å². The number of carbonyl (C=O) groups is 2. The lowest BCUT2D eigenvalue weighted by Crippen LogP contribution is -2.44. The second-order valence-electron chi connectivity index (χ2n) is 3.86. The van der Waals surface area contributed by atoms with Gasteiger partial charge in [0.25, 0.3) is 0 Å². The third-order valence-electron chi connectivity index (χ3n) is 2.32. The van der Waals surface area contributed by atoms with E-state index in [1.807, 2.05) is 0 Å². The van der Waals surface area contributed by atoms with Crippen LogP contribution in [0.2, 0.25) is 10.0 Å². The molecule has 1 aromatic carbocycles. The lowest BCUT2D eigenvalue weighted by molar-refractivity contribution is -0.144. The van der Waals surface area contributed by atoms with Crippen LogP contribution in [0.15, 0.2) is 23.1 Å². The van der Waals surface area contributed by atoms with Gasteiger partial charge in [-0.3, -0.25) is 9.00 Å². The Morgan fingerprint density at radius 1 is 1.40 bits per heavy atom. The molecule has 0 aliphatic rings. The molecule has 20 heavy (non-hydrogen) atoms. The molecule has 2 atom stereocenters. The first-order valence-electron chi connectivity index (χ1n) is 5.53. The summed E-state index contributed by atoms with van der Waals surface area (Å²) in [7, 11) is -0.419. The van der Waals surface area contributed by atoms with E-state index in [0.717, 1.165) is 0 Å². The van der Waals surface area contributed by atoms with E-state index >= 15 is 0 Å². The van der Waals surface area contributed by atoms with Gasteiger partial charge in [-0.25, -0.2) is 4.79 Å². The minimum absolute atomic E-state index is 0.147. The summed E-state index contributed by atoms with van der Waals surface area (Å²) in [6.45, 7) is 1.26. The topological polar surface area (TPSA) is 72.5 Å². The van der Waals surface area contributed by atoms with E-state index in [4.69, 9.17) is 23.2 Å². The van der Waals surface area contributed by atoms with E-state index in [0.29, 0.717) is 9.92 Å². The van der Waals surface area contributed by atoms with Gasteiger partial charge in [-0.1, -0.05) is 23.2 Å². The van der Waals surface area contributed by atoms with Crippen molar-refractivity contribution in [2.24, 2.45) is 0 Å². The molecule has 0 heterocycles. The van der Waals surface area contributed by atoms with Crippen LogP contribution in [0.25, 0.3) is 0 Å². The average Bonchev–Trinajstić information content (AvgIpc) is 2.39. The van der Waals surface area contributed by atoms with Crippen LogP contribution in [0.5, 0.6) is 0 Å². The minimum atomic E-state index is -1.61. The molecule has 0 saturated carbocycles. The Morgan fingerprint density at radius 2 is 2.05 bits per heavy atom. The molecule has 0 radical (unpaired) electrons. The number of ether oxygens (including phenoxy) is 1. The molecule has 0 spiro atoms. The van der Waals surface area contributed by atoms with Gasteiger partial charge in [-0.05, 0) is 18.2 Å². The lowest BCUT2D eigenvalue weighted by Gasteiger charge is -2.15. The molecule has 8 heteroatoms. The molecule has 1 aromatic rings. The third kappa shape index (κ3) is 4.77. The molecule has 1 rings (SSSR count). The Labute approximate surface area is 129 Å². The zero-order chi connectivity index (χ0) is 15.3. The summed E-state index contributed by atoms with van der Waals surface area (Å²) < 4.78 is 16.8. The summed E-state index contributed by atoms with van der Waals surface area (Å²) in [6, 6.07) is 3.54. The van der Waals surface area contributed by atoms with Crippen LogP contribution in [-0.4, -0.2) is 35.0 Å². The van der Waals surface area contributed by atoms with Crippen LogP contribution in [0.1, 0.15) is 6.92 Å². The first-order chi connectivity index (χ1) is 9.35. The summed E-state index contributed by atoms with van der Waals surface area (Å²) in [4.78, 5) is 22.9. The highest BCUT2D eigenvalue weighted by molar-refractivity contribution is 7.85. The number of amides is 1. The Morgan fingerprint density at radius 3 is 2.60 bits per heavy atom. The highest BCUT2D eigenvalue weighted by atomic mass is 35.5. The van der Waals surface area contributed by atoms with Crippen LogP contribution in [-0.2, 0) is 25.1 Å². The highest BCUT2D eigenvalue weighted by Crippen LogP contribution is 2.24. The van der Waals surface area contributed by atoms with Gasteiger partial charge in [0.05, 0.1) is 33.6 Å². The van der Waals surface area contributed by atoms with Crippen molar-refractivity contribution >= 4 is 45.9 Å². The van der Waals surface area contributed by atoms with Crippen LogP contribution >= 0.6 is 23.2 Å². The number of benzene rings is 1. The van der Waals surface area contributed by atoms with Crippen LogP contribution in [0, 0.1) is 0 Å². The van der Waals surface area contributed by atoms with Crippen LogP contribution in [0.4, 0.5) is 0 Å². The fourth-order valence-corrected chi connectivity index (χ4v) is 3.31. The molecular formula is C12H13Cl2NO4S. The van der Waals surface area contributed by atoms with Crippen molar-refractivity contribution in [1.29, 1.82) is 0 Å². The predicted molar refractivity (Wildman–Crippen MR) is 77.4 cm³/mol. The average molecular weight is 338 g/mol. The molecule has 1 amide bonds. The zero-order valence-electron chi connectivity index (χ0n) is 10.8. The maximum atomic E-state index is 12.2. The maximum Gasteiger partial charge on any atom is 0.329 e. The van der Waals surface area contributed by atoms with Crippen molar-refractivity contribution in [1.82, 2.24) is 5.32 Å². The molecule has 0 bridgehead atoms. The number of hydrogen-bond donors (Lipinski definition) is 1. The molecule has 5 nitrogen and oxygen atoms in total. The Kier molecular flexibility index (Phi) is 6.45. The maximum absolute atomic E-state index is 12.2. The van der Waals surface area contributed by atoms with E-state index in [9.17, 15) is 13.8 Å². The number of hydrogen-bond acceptors (Lipinski definition) is 4. The largest absolute Gasteiger partial charge is 0.467 e. The molecule has 0 saturated heterocycles. The highest BCUT2D eigenvalue weighted by Gasteiger charge is 2.24. The Balaban J connectivity index is 2.92. The Bertz CT molecular complexity index is 550. The number of nitrogens with one attached hydrogen (secondary N) is 1. The van der Waals surface area contributed by atoms with Crippen molar-refractivity contribution in [2.75, 3.05) is 12.9 Å². The Hall–Kier alpha value is -1.11. The van der Waals surface area contributed by atoms with Crippen molar-refractivity contribution in [3.63, 3.8) is 0 Å². The van der Waals surface area contributed by atoms with Crippen molar-refractivity contribution < 1.29 is 18.5 Å².